The van der Waals surface area contributed by atoms with E-state index >= 15 is 0 Å². The van der Waals surface area contributed by atoms with Gasteiger partial charge in [-0.3, -0.25) is 4.79 Å². The van der Waals surface area contributed by atoms with E-state index in [9.17, 15) is 4.79 Å². The highest BCUT2D eigenvalue weighted by Gasteiger charge is 2.32. The van der Waals surface area contributed by atoms with Gasteiger partial charge in [0.2, 0.25) is 5.88 Å². The molecule has 3 heterocycles. The number of carbonyl (C=O) groups is 1. The molecule has 1 aromatic carbocycles. The summed E-state index contributed by atoms with van der Waals surface area (Å²) in [7, 11) is 0. The maximum atomic E-state index is 13.1. The van der Waals surface area contributed by atoms with Crippen molar-refractivity contribution in [3.05, 3.63) is 60.0 Å². The molecule has 27 heavy (non-hydrogen) atoms. The summed E-state index contributed by atoms with van der Waals surface area (Å²) in [6, 6.07) is 13.2. The molecule has 2 aromatic heterocycles. The number of pyridine rings is 1. The van der Waals surface area contributed by atoms with E-state index in [4.69, 9.17) is 9.72 Å². The number of hydrogen-bond acceptors (Lipinski definition) is 5. The molecule has 7 nitrogen and oxygen atoms in total. The van der Waals surface area contributed by atoms with Crippen molar-refractivity contribution in [1.29, 1.82) is 0 Å². The fourth-order valence-corrected chi connectivity index (χ4v) is 3.31. The van der Waals surface area contributed by atoms with E-state index in [0.29, 0.717) is 37.0 Å². The van der Waals surface area contributed by atoms with Crippen LogP contribution >= 0.6 is 0 Å². The normalized spacial score (nSPS) is 16.1. The van der Waals surface area contributed by atoms with Gasteiger partial charge in [-0.1, -0.05) is 30.3 Å². The summed E-state index contributed by atoms with van der Waals surface area (Å²) in [5.41, 5.74) is 1.44. The molecule has 0 radical (unpaired) electrons. The fourth-order valence-electron chi connectivity index (χ4n) is 3.31. The van der Waals surface area contributed by atoms with Gasteiger partial charge in [0.25, 0.3) is 5.91 Å². The largest absolute Gasteiger partial charge is 0.477 e. The monoisotopic (exact) mass is 363 g/mol. The molecular weight excluding hydrogens is 342 g/mol. The number of benzene rings is 1. The van der Waals surface area contributed by atoms with Crippen LogP contribution in [0.1, 0.15) is 36.1 Å². The summed E-state index contributed by atoms with van der Waals surface area (Å²) in [6.07, 6.45) is 1.63. The van der Waals surface area contributed by atoms with Crippen molar-refractivity contribution in [1.82, 2.24) is 24.6 Å². The number of hydrogen-bond donors (Lipinski definition) is 0. The predicted molar refractivity (Wildman–Crippen MR) is 100 cm³/mol. The molecule has 0 fully saturated rings. The lowest BCUT2D eigenvalue weighted by Crippen LogP contribution is -2.41. The van der Waals surface area contributed by atoms with Gasteiger partial charge >= 0.3 is 0 Å². The molecule has 0 N–H and O–H groups in total. The van der Waals surface area contributed by atoms with Crippen LogP contribution in [0.25, 0.3) is 11.4 Å². The summed E-state index contributed by atoms with van der Waals surface area (Å²) < 4.78 is 7.42. The average molecular weight is 363 g/mol. The van der Waals surface area contributed by atoms with Crippen LogP contribution in [0.15, 0.2) is 48.7 Å². The zero-order chi connectivity index (χ0) is 18.8. The predicted octanol–water partition coefficient (Wildman–Crippen LogP) is 2.96. The lowest BCUT2D eigenvalue weighted by Gasteiger charge is -2.33. The standard InChI is InChI=1S/C20H21N5O2/c1-3-27-19-16(10-7-11-21-19)20(26)24-12-13-25-18(14(24)2)22-17(23-25)15-8-5-4-6-9-15/h4-11,14H,3,12-13H2,1-2H3/t14-/m0/s1. The molecular formula is C20H21N5O2. The summed E-state index contributed by atoms with van der Waals surface area (Å²) >= 11 is 0. The van der Waals surface area contributed by atoms with Gasteiger partial charge in [0.1, 0.15) is 11.4 Å². The maximum Gasteiger partial charge on any atom is 0.260 e. The molecule has 7 heteroatoms. The fraction of sp³-hybridized carbons (Fsp3) is 0.300. The SMILES string of the molecule is CCOc1ncccc1C(=O)N1CCn2nc(-c3ccccc3)nc2[C@@H]1C. The Morgan fingerprint density at radius 1 is 1.19 bits per heavy atom. The highest BCUT2D eigenvalue weighted by molar-refractivity contribution is 5.96. The van der Waals surface area contributed by atoms with Crippen LogP contribution < -0.4 is 4.74 Å². The number of nitrogens with zero attached hydrogens (tertiary/aromatic N) is 5. The first-order chi connectivity index (χ1) is 13.2. The molecule has 0 unspecified atom stereocenters. The third-order valence-corrected chi connectivity index (χ3v) is 4.67. The highest BCUT2D eigenvalue weighted by Crippen LogP contribution is 2.29. The van der Waals surface area contributed by atoms with Gasteiger partial charge in [0.05, 0.1) is 19.2 Å². The minimum atomic E-state index is -0.189. The van der Waals surface area contributed by atoms with Gasteiger partial charge in [-0.05, 0) is 26.0 Å². The first kappa shape index (κ1) is 17.2. The second-order valence-electron chi connectivity index (χ2n) is 6.35. The van der Waals surface area contributed by atoms with E-state index in [1.165, 1.54) is 0 Å². The highest BCUT2D eigenvalue weighted by atomic mass is 16.5. The first-order valence-electron chi connectivity index (χ1n) is 9.08. The van der Waals surface area contributed by atoms with Gasteiger partial charge in [0, 0.05) is 18.3 Å². The third-order valence-electron chi connectivity index (χ3n) is 4.67. The molecule has 4 rings (SSSR count). The second-order valence-corrected chi connectivity index (χ2v) is 6.35. The van der Waals surface area contributed by atoms with Crippen LogP contribution in [-0.2, 0) is 6.54 Å². The lowest BCUT2D eigenvalue weighted by atomic mass is 10.1. The third kappa shape index (κ3) is 3.16. The lowest BCUT2D eigenvalue weighted by molar-refractivity contribution is 0.0625. The molecule has 3 aromatic rings. The molecule has 1 amide bonds. The van der Waals surface area contributed by atoms with E-state index < -0.39 is 0 Å². The molecule has 1 aliphatic heterocycles. The van der Waals surface area contributed by atoms with Crippen LogP contribution in [0, 0.1) is 0 Å². The summed E-state index contributed by atoms with van der Waals surface area (Å²) in [4.78, 5) is 23.8. The number of ether oxygens (including phenoxy) is 1. The van der Waals surface area contributed by atoms with Crippen LogP contribution in [-0.4, -0.2) is 43.7 Å². The number of aromatic nitrogens is 4. The van der Waals surface area contributed by atoms with Crippen molar-refractivity contribution in [2.75, 3.05) is 13.2 Å². The summed E-state index contributed by atoms with van der Waals surface area (Å²) in [5.74, 6) is 1.74. The molecule has 0 aliphatic carbocycles. The van der Waals surface area contributed by atoms with Crippen molar-refractivity contribution in [3.8, 4) is 17.3 Å². The van der Waals surface area contributed by atoms with Crippen LogP contribution in [0.2, 0.25) is 0 Å². The van der Waals surface area contributed by atoms with E-state index in [1.807, 2.05) is 48.9 Å². The zero-order valence-corrected chi connectivity index (χ0v) is 15.4. The van der Waals surface area contributed by atoms with Crippen LogP contribution in [0.3, 0.4) is 0 Å². The minimum Gasteiger partial charge on any atom is -0.477 e. The van der Waals surface area contributed by atoms with Crippen LogP contribution in [0.5, 0.6) is 5.88 Å². The van der Waals surface area contributed by atoms with E-state index in [2.05, 4.69) is 10.1 Å². The molecule has 1 aliphatic rings. The van der Waals surface area contributed by atoms with Gasteiger partial charge in [-0.15, -0.1) is 0 Å². The Kier molecular flexibility index (Phi) is 4.58. The van der Waals surface area contributed by atoms with Gasteiger partial charge in [-0.25, -0.2) is 14.6 Å². The van der Waals surface area contributed by atoms with Crippen molar-refractivity contribution in [2.45, 2.75) is 26.4 Å². The Balaban J connectivity index is 1.63. The second kappa shape index (κ2) is 7.19. The van der Waals surface area contributed by atoms with Crippen molar-refractivity contribution in [3.63, 3.8) is 0 Å². The minimum absolute atomic E-state index is 0.102. The van der Waals surface area contributed by atoms with Crippen molar-refractivity contribution >= 4 is 5.91 Å². The molecule has 0 bridgehead atoms. The maximum absolute atomic E-state index is 13.1. The Labute approximate surface area is 157 Å². The molecule has 0 saturated carbocycles. The summed E-state index contributed by atoms with van der Waals surface area (Å²) in [6.45, 7) is 5.48. The Bertz CT molecular complexity index is 954. The van der Waals surface area contributed by atoms with E-state index in [1.54, 1.807) is 23.2 Å². The van der Waals surface area contributed by atoms with Crippen molar-refractivity contribution < 1.29 is 9.53 Å². The van der Waals surface area contributed by atoms with E-state index in [-0.39, 0.29) is 11.9 Å². The smallest absolute Gasteiger partial charge is 0.260 e. The van der Waals surface area contributed by atoms with Gasteiger partial charge < -0.3 is 9.64 Å². The Hall–Kier alpha value is -3.22. The number of fused-ring (bicyclic) bond motifs is 1. The van der Waals surface area contributed by atoms with Gasteiger partial charge in [0.15, 0.2) is 5.82 Å². The number of amides is 1. The molecule has 0 spiro atoms. The molecule has 0 saturated heterocycles. The Morgan fingerprint density at radius 3 is 2.78 bits per heavy atom. The zero-order valence-electron chi connectivity index (χ0n) is 15.4. The Morgan fingerprint density at radius 2 is 2.00 bits per heavy atom. The van der Waals surface area contributed by atoms with Crippen LogP contribution in [0.4, 0.5) is 0 Å². The quantitative estimate of drug-likeness (QED) is 0.712. The molecule has 138 valence electrons. The topological polar surface area (TPSA) is 73.1 Å². The average Bonchev–Trinajstić information content (AvgIpc) is 3.15. The summed E-state index contributed by atoms with van der Waals surface area (Å²) in [5, 5.41) is 4.62. The number of carbonyl (C=O) groups excluding carboxylic acids is 1. The molecule has 1 atom stereocenters. The van der Waals surface area contributed by atoms with Crippen molar-refractivity contribution in [2.24, 2.45) is 0 Å². The van der Waals surface area contributed by atoms with Gasteiger partial charge in [-0.2, -0.15) is 5.10 Å². The van der Waals surface area contributed by atoms with E-state index in [0.717, 1.165) is 11.4 Å². The number of rotatable bonds is 4. The first-order valence-corrected chi connectivity index (χ1v) is 9.08.